The Balaban J connectivity index is 2.28. The molecule has 17 heavy (non-hydrogen) atoms. The van der Waals surface area contributed by atoms with Crippen LogP contribution in [-0.4, -0.2) is 20.8 Å². The molecular weight excluding hydrogens is 212 g/mol. The van der Waals surface area contributed by atoms with Crippen LogP contribution < -0.4 is 4.74 Å². The maximum Gasteiger partial charge on any atom is 0.118 e. The van der Waals surface area contributed by atoms with Crippen molar-refractivity contribution in [2.75, 3.05) is 20.8 Å². The molecule has 0 aromatic heterocycles. The first kappa shape index (κ1) is 12.2. The molecule has 0 heterocycles. The summed E-state index contributed by atoms with van der Waals surface area (Å²) >= 11 is 0. The van der Waals surface area contributed by atoms with Crippen LogP contribution in [0.2, 0.25) is 0 Å². The van der Waals surface area contributed by atoms with E-state index in [4.69, 9.17) is 9.47 Å². The highest BCUT2D eigenvalue weighted by atomic mass is 16.5. The van der Waals surface area contributed by atoms with Crippen LogP contribution in [0.3, 0.4) is 0 Å². The van der Waals surface area contributed by atoms with Crippen molar-refractivity contribution in [3.05, 3.63) is 35.4 Å². The molecule has 0 amide bonds. The van der Waals surface area contributed by atoms with E-state index in [1.807, 2.05) is 12.1 Å². The molecule has 0 saturated carbocycles. The fourth-order valence-electron chi connectivity index (χ4n) is 2.44. The molecule has 0 N–H and O–H groups in total. The van der Waals surface area contributed by atoms with Gasteiger partial charge in [-0.3, -0.25) is 0 Å². The normalized spacial score (nSPS) is 16.1. The molecule has 1 aromatic rings. The standard InChI is InChI=1S/C15H20O2/c1-16-11-13-5-3-4-6-15(13)12-7-9-14(17-2)10-8-12/h7-10H,3-6,11H2,1-2H3. The summed E-state index contributed by atoms with van der Waals surface area (Å²) in [5, 5.41) is 0. The third-order valence-corrected chi connectivity index (χ3v) is 3.34. The largest absolute Gasteiger partial charge is 0.497 e. The van der Waals surface area contributed by atoms with Crippen molar-refractivity contribution in [2.45, 2.75) is 25.7 Å². The predicted octanol–water partition coefficient (Wildman–Crippen LogP) is 3.67. The van der Waals surface area contributed by atoms with Gasteiger partial charge >= 0.3 is 0 Å². The number of allylic oxidation sites excluding steroid dienone is 1. The van der Waals surface area contributed by atoms with Gasteiger partial charge in [-0.2, -0.15) is 0 Å². The van der Waals surface area contributed by atoms with Crippen molar-refractivity contribution in [3.8, 4) is 5.75 Å². The number of benzene rings is 1. The van der Waals surface area contributed by atoms with Crippen molar-refractivity contribution in [3.63, 3.8) is 0 Å². The van der Waals surface area contributed by atoms with Crippen molar-refractivity contribution >= 4 is 5.57 Å². The second kappa shape index (κ2) is 5.87. The van der Waals surface area contributed by atoms with Gasteiger partial charge in [-0.05, 0) is 54.5 Å². The SMILES string of the molecule is COCC1=C(c2ccc(OC)cc2)CCCC1. The van der Waals surface area contributed by atoms with Crippen molar-refractivity contribution < 1.29 is 9.47 Å². The molecule has 0 aliphatic heterocycles. The highest BCUT2D eigenvalue weighted by Crippen LogP contribution is 2.33. The molecular formula is C15H20O2. The first-order valence-corrected chi connectivity index (χ1v) is 6.19. The summed E-state index contributed by atoms with van der Waals surface area (Å²) < 4.78 is 10.5. The van der Waals surface area contributed by atoms with Gasteiger partial charge in [0.25, 0.3) is 0 Å². The van der Waals surface area contributed by atoms with E-state index in [0.29, 0.717) is 0 Å². The zero-order valence-corrected chi connectivity index (χ0v) is 10.7. The molecule has 1 aliphatic rings. The zero-order valence-electron chi connectivity index (χ0n) is 10.7. The fourth-order valence-corrected chi connectivity index (χ4v) is 2.44. The number of hydrogen-bond acceptors (Lipinski definition) is 2. The topological polar surface area (TPSA) is 18.5 Å². The number of rotatable bonds is 4. The Morgan fingerprint density at radius 3 is 2.35 bits per heavy atom. The summed E-state index contributed by atoms with van der Waals surface area (Å²) in [5.74, 6) is 0.915. The van der Waals surface area contributed by atoms with Gasteiger partial charge in [-0.25, -0.2) is 0 Å². The van der Waals surface area contributed by atoms with Crippen LogP contribution in [-0.2, 0) is 4.74 Å². The lowest BCUT2D eigenvalue weighted by atomic mass is 9.87. The summed E-state index contributed by atoms with van der Waals surface area (Å²) in [5.41, 5.74) is 4.25. The predicted molar refractivity (Wildman–Crippen MR) is 70.3 cm³/mol. The quantitative estimate of drug-likeness (QED) is 0.788. The van der Waals surface area contributed by atoms with Crippen molar-refractivity contribution in [2.24, 2.45) is 0 Å². The lowest BCUT2D eigenvalue weighted by Gasteiger charge is -2.20. The number of hydrogen-bond donors (Lipinski definition) is 0. The maximum absolute atomic E-state index is 5.30. The lowest BCUT2D eigenvalue weighted by molar-refractivity contribution is 0.222. The molecule has 0 bridgehead atoms. The smallest absolute Gasteiger partial charge is 0.118 e. The summed E-state index contributed by atoms with van der Waals surface area (Å²) in [4.78, 5) is 0. The molecule has 0 fully saturated rings. The molecule has 1 aromatic carbocycles. The Morgan fingerprint density at radius 2 is 1.71 bits per heavy atom. The lowest BCUT2D eigenvalue weighted by Crippen LogP contribution is -2.04. The Bertz CT molecular complexity index is 390. The molecule has 0 unspecified atom stereocenters. The van der Waals surface area contributed by atoms with E-state index in [9.17, 15) is 0 Å². The molecule has 0 radical (unpaired) electrons. The first-order valence-electron chi connectivity index (χ1n) is 6.19. The van der Waals surface area contributed by atoms with Crippen LogP contribution in [0.15, 0.2) is 29.8 Å². The van der Waals surface area contributed by atoms with Crippen LogP contribution in [0.25, 0.3) is 5.57 Å². The summed E-state index contributed by atoms with van der Waals surface area (Å²) in [7, 11) is 3.47. The number of ether oxygens (including phenoxy) is 2. The average molecular weight is 232 g/mol. The van der Waals surface area contributed by atoms with E-state index in [-0.39, 0.29) is 0 Å². The molecule has 0 saturated heterocycles. The molecule has 92 valence electrons. The van der Waals surface area contributed by atoms with Crippen molar-refractivity contribution in [1.29, 1.82) is 0 Å². The van der Waals surface area contributed by atoms with E-state index in [1.54, 1.807) is 14.2 Å². The maximum atomic E-state index is 5.30. The van der Waals surface area contributed by atoms with Gasteiger partial charge in [-0.1, -0.05) is 12.1 Å². The molecule has 1 aliphatic carbocycles. The fraction of sp³-hybridized carbons (Fsp3) is 0.467. The van der Waals surface area contributed by atoms with Crippen LogP contribution >= 0.6 is 0 Å². The molecule has 2 heteroatoms. The Morgan fingerprint density at radius 1 is 1.00 bits per heavy atom. The summed E-state index contributed by atoms with van der Waals surface area (Å²) in [6.45, 7) is 0.765. The van der Waals surface area contributed by atoms with Gasteiger partial charge in [0.2, 0.25) is 0 Å². The Hall–Kier alpha value is -1.28. The van der Waals surface area contributed by atoms with Crippen LogP contribution in [0.1, 0.15) is 31.2 Å². The second-order valence-corrected chi connectivity index (χ2v) is 4.45. The third kappa shape index (κ3) is 2.89. The van der Waals surface area contributed by atoms with E-state index < -0.39 is 0 Å². The van der Waals surface area contributed by atoms with E-state index in [2.05, 4.69) is 12.1 Å². The van der Waals surface area contributed by atoms with Crippen LogP contribution in [0.5, 0.6) is 5.75 Å². The molecule has 2 rings (SSSR count). The summed E-state index contributed by atoms with van der Waals surface area (Å²) in [6.07, 6.45) is 4.92. The molecule has 2 nitrogen and oxygen atoms in total. The van der Waals surface area contributed by atoms with Crippen LogP contribution in [0.4, 0.5) is 0 Å². The van der Waals surface area contributed by atoms with Gasteiger partial charge in [0.15, 0.2) is 0 Å². The van der Waals surface area contributed by atoms with Gasteiger partial charge in [0.1, 0.15) is 5.75 Å². The second-order valence-electron chi connectivity index (χ2n) is 4.45. The van der Waals surface area contributed by atoms with E-state index >= 15 is 0 Å². The highest BCUT2D eigenvalue weighted by molar-refractivity contribution is 5.70. The number of methoxy groups -OCH3 is 2. The van der Waals surface area contributed by atoms with Crippen LogP contribution in [0, 0.1) is 0 Å². The Labute approximate surface area is 103 Å². The van der Waals surface area contributed by atoms with Gasteiger partial charge in [-0.15, -0.1) is 0 Å². The van der Waals surface area contributed by atoms with Gasteiger partial charge in [0.05, 0.1) is 13.7 Å². The first-order chi connectivity index (χ1) is 8.35. The minimum absolute atomic E-state index is 0.765. The van der Waals surface area contributed by atoms with E-state index in [0.717, 1.165) is 12.4 Å². The zero-order chi connectivity index (χ0) is 12.1. The molecule has 0 spiro atoms. The van der Waals surface area contributed by atoms with E-state index in [1.165, 1.54) is 42.4 Å². The van der Waals surface area contributed by atoms with Gasteiger partial charge < -0.3 is 9.47 Å². The van der Waals surface area contributed by atoms with Gasteiger partial charge in [0, 0.05) is 7.11 Å². The monoisotopic (exact) mass is 232 g/mol. The average Bonchev–Trinajstić information content (AvgIpc) is 2.40. The minimum atomic E-state index is 0.765. The summed E-state index contributed by atoms with van der Waals surface area (Å²) in [6, 6.07) is 8.35. The third-order valence-electron chi connectivity index (χ3n) is 3.34. The van der Waals surface area contributed by atoms with Crippen molar-refractivity contribution in [1.82, 2.24) is 0 Å². The highest BCUT2D eigenvalue weighted by Gasteiger charge is 2.14. The minimum Gasteiger partial charge on any atom is -0.497 e. The Kier molecular flexibility index (Phi) is 4.21. The molecule has 0 atom stereocenters.